The van der Waals surface area contributed by atoms with Crippen molar-refractivity contribution in [3.05, 3.63) is 35.9 Å². The largest absolute Gasteiger partial charge is 0.480 e. The molecular weight excluding hydrogens is 416 g/mol. The summed E-state index contributed by atoms with van der Waals surface area (Å²) in [4.78, 5) is 49.4. The Morgan fingerprint density at radius 2 is 1.69 bits per heavy atom. The lowest BCUT2D eigenvalue weighted by Gasteiger charge is -2.26. The van der Waals surface area contributed by atoms with Crippen LogP contribution in [0.1, 0.15) is 32.3 Å². The summed E-state index contributed by atoms with van der Waals surface area (Å²) in [6.45, 7) is 3.51. The Kier molecular flexibility index (Phi) is 9.61. The molecule has 0 aliphatic carbocycles. The zero-order chi connectivity index (χ0) is 23.7. The number of nitrogens with one attached hydrogen (secondary N) is 4. The van der Waals surface area contributed by atoms with E-state index in [1.165, 1.54) is 0 Å². The number of hydrogen-bond acceptors (Lipinski definition) is 6. The van der Waals surface area contributed by atoms with Crippen LogP contribution in [0.2, 0.25) is 0 Å². The van der Waals surface area contributed by atoms with Crippen LogP contribution >= 0.6 is 0 Å². The molecule has 10 heteroatoms. The van der Waals surface area contributed by atoms with Crippen LogP contribution in [0, 0.1) is 5.92 Å². The number of rotatable bonds is 11. The Morgan fingerprint density at radius 1 is 1.03 bits per heavy atom. The van der Waals surface area contributed by atoms with Gasteiger partial charge in [-0.3, -0.25) is 14.4 Å². The maximum Gasteiger partial charge on any atom is 0.326 e. The average Bonchev–Trinajstić information content (AvgIpc) is 3.30. The fraction of sp³-hybridized carbons (Fsp3) is 0.545. The Hall–Kier alpha value is -2.98. The Morgan fingerprint density at radius 3 is 2.22 bits per heavy atom. The van der Waals surface area contributed by atoms with Gasteiger partial charge in [0.2, 0.25) is 17.7 Å². The molecule has 4 atom stereocenters. The van der Waals surface area contributed by atoms with Crippen molar-refractivity contribution in [3.63, 3.8) is 0 Å². The number of aliphatic carboxylic acids is 1. The smallest absolute Gasteiger partial charge is 0.326 e. The van der Waals surface area contributed by atoms with E-state index >= 15 is 0 Å². The molecule has 4 unspecified atom stereocenters. The van der Waals surface area contributed by atoms with E-state index in [1.807, 2.05) is 0 Å². The minimum Gasteiger partial charge on any atom is -0.480 e. The van der Waals surface area contributed by atoms with Crippen molar-refractivity contribution < 1.29 is 29.4 Å². The first-order valence-electron chi connectivity index (χ1n) is 10.7. The highest BCUT2D eigenvalue weighted by molar-refractivity contribution is 5.94. The third-order valence-electron chi connectivity index (χ3n) is 5.34. The Bertz CT molecular complexity index is 795. The van der Waals surface area contributed by atoms with Gasteiger partial charge in [0, 0.05) is 6.42 Å². The number of hydrogen-bond donors (Lipinski definition) is 6. The van der Waals surface area contributed by atoms with E-state index in [-0.39, 0.29) is 24.3 Å². The predicted molar refractivity (Wildman–Crippen MR) is 117 cm³/mol. The Labute approximate surface area is 187 Å². The molecule has 10 nitrogen and oxygen atoms in total. The fourth-order valence-corrected chi connectivity index (χ4v) is 3.47. The first-order chi connectivity index (χ1) is 15.2. The van der Waals surface area contributed by atoms with Crippen molar-refractivity contribution in [3.8, 4) is 0 Å². The van der Waals surface area contributed by atoms with Crippen molar-refractivity contribution in [1.82, 2.24) is 21.3 Å². The molecule has 1 saturated heterocycles. The van der Waals surface area contributed by atoms with Gasteiger partial charge >= 0.3 is 5.97 Å². The second kappa shape index (κ2) is 12.2. The summed E-state index contributed by atoms with van der Waals surface area (Å²) >= 11 is 0. The zero-order valence-electron chi connectivity index (χ0n) is 18.3. The van der Waals surface area contributed by atoms with Gasteiger partial charge in [-0.25, -0.2) is 4.79 Å². The van der Waals surface area contributed by atoms with Crippen LogP contribution in [-0.4, -0.2) is 71.2 Å². The number of aliphatic hydroxyl groups is 1. The SMILES string of the molecule is CC(C)C(NC(=O)C1CCCN1)C(=O)NC(CO)C(=O)NC(Cc1ccccc1)C(=O)O. The van der Waals surface area contributed by atoms with E-state index in [0.717, 1.165) is 13.0 Å². The van der Waals surface area contributed by atoms with Crippen LogP contribution in [0.15, 0.2) is 30.3 Å². The number of carbonyl (C=O) groups excluding carboxylic acids is 3. The lowest BCUT2D eigenvalue weighted by atomic mass is 10.0. The first kappa shape index (κ1) is 25.3. The van der Waals surface area contributed by atoms with Gasteiger partial charge in [0.25, 0.3) is 0 Å². The predicted octanol–water partition coefficient (Wildman–Crippen LogP) is -0.832. The van der Waals surface area contributed by atoms with E-state index in [4.69, 9.17) is 0 Å². The molecule has 1 heterocycles. The summed E-state index contributed by atoms with van der Waals surface area (Å²) in [6.07, 6.45) is 1.60. The summed E-state index contributed by atoms with van der Waals surface area (Å²) in [6, 6.07) is 4.92. The third-order valence-corrected chi connectivity index (χ3v) is 5.34. The van der Waals surface area contributed by atoms with Crippen LogP contribution in [0.25, 0.3) is 0 Å². The summed E-state index contributed by atoms with van der Waals surface area (Å²) in [7, 11) is 0. The summed E-state index contributed by atoms with van der Waals surface area (Å²) in [5.74, 6) is -3.25. The molecule has 176 valence electrons. The third kappa shape index (κ3) is 7.31. The quantitative estimate of drug-likeness (QED) is 0.258. The van der Waals surface area contributed by atoms with Crippen molar-refractivity contribution in [2.24, 2.45) is 5.92 Å². The van der Waals surface area contributed by atoms with Crippen molar-refractivity contribution in [1.29, 1.82) is 0 Å². The second-order valence-corrected chi connectivity index (χ2v) is 8.21. The lowest BCUT2D eigenvalue weighted by Crippen LogP contribution is -2.59. The van der Waals surface area contributed by atoms with Crippen LogP contribution < -0.4 is 21.3 Å². The van der Waals surface area contributed by atoms with Gasteiger partial charge < -0.3 is 31.5 Å². The molecule has 0 aromatic heterocycles. The molecule has 6 N–H and O–H groups in total. The molecule has 1 aromatic carbocycles. The molecule has 0 bridgehead atoms. The van der Waals surface area contributed by atoms with Crippen LogP contribution in [-0.2, 0) is 25.6 Å². The topological polar surface area (TPSA) is 157 Å². The maximum absolute atomic E-state index is 12.8. The van der Waals surface area contributed by atoms with E-state index < -0.39 is 42.5 Å². The summed E-state index contributed by atoms with van der Waals surface area (Å²) in [5.41, 5.74) is 0.716. The van der Waals surface area contributed by atoms with Crippen LogP contribution in [0.4, 0.5) is 0 Å². The van der Waals surface area contributed by atoms with Gasteiger partial charge in [-0.15, -0.1) is 0 Å². The minimum absolute atomic E-state index is 0.0487. The lowest BCUT2D eigenvalue weighted by molar-refractivity contribution is -0.142. The highest BCUT2D eigenvalue weighted by atomic mass is 16.4. The van der Waals surface area contributed by atoms with Gasteiger partial charge in [0.1, 0.15) is 18.1 Å². The molecule has 1 aliphatic heterocycles. The zero-order valence-corrected chi connectivity index (χ0v) is 18.3. The van der Waals surface area contributed by atoms with Crippen molar-refractivity contribution in [2.45, 2.75) is 57.3 Å². The standard InChI is InChI=1S/C22H32N4O6/c1-13(2)18(26-19(28)15-9-6-10-23-15)21(30)25-17(12-27)20(29)24-16(22(31)32)11-14-7-4-3-5-8-14/h3-5,7-8,13,15-18,23,27H,6,9-12H2,1-2H3,(H,24,29)(H,25,30)(H,26,28)(H,31,32). The maximum atomic E-state index is 12.8. The number of aliphatic hydroxyl groups excluding tert-OH is 1. The summed E-state index contributed by atoms with van der Waals surface area (Å²) < 4.78 is 0. The molecule has 1 aliphatic rings. The molecular formula is C22H32N4O6. The van der Waals surface area contributed by atoms with Crippen LogP contribution in [0.3, 0.4) is 0 Å². The average molecular weight is 449 g/mol. The molecule has 0 spiro atoms. The molecule has 1 fully saturated rings. The van der Waals surface area contributed by atoms with Crippen molar-refractivity contribution >= 4 is 23.7 Å². The molecule has 32 heavy (non-hydrogen) atoms. The summed E-state index contributed by atoms with van der Waals surface area (Å²) in [5, 5.41) is 29.6. The second-order valence-electron chi connectivity index (χ2n) is 8.21. The van der Waals surface area contributed by atoms with E-state index in [0.29, 0.717) is 12.0 Å². The number of carboxylic acids is 1. The first-order valence-corrected chi connectivity index (χ1v) is 10.7. The number of benzene rings is 1. The van der Waals surface area contributed by atoms with Gasteiger partial charge in [-0.2, -0.15) is 0 Å². The molecule has 3 amide bonds. The van der Waals surface area contributed by atoms with Gasteiger partial charge in [-0.05, 0) is 30.9 Å². The highest BCUT2D eigenvalue weighted by Crippen LogP contribution is 2.09. The fourth-order valence-electron chi connectivity index (χ4n) is 3.47. The van der Waals surface area contributed by atoms with E-state index in [9.17, 15) is 29.4 Å². The van der Waals surface area contributed by atoms with Crippen LogP contribution in [0.5, 0.6) is 0 Å². The van der Waals surface area contributed by atoms with Gasteiger partial charge in [0.05, 0.1) is 12.6 Å². The van der Waals surface area contributed by atoms with Crippen molar-refractivity contribution in [2.75, 3.05) is 13.2 Å². The van der Waals surface area contributed by atoms with E-state index in [2.05, 4.69) is 21.3 Å². The number of carboxylic acid groups (broad SMARTS) is 1. The molecule has 0 saturated carbocycles. The number of carbonyl (C=O) groups is 4. The highest BCUT2D eigenvalue weighted by Gasteiger charge is 2.32. The van der Waals surface area contributed by atoms with Gasteiger partial charge in [0.15, 0.2) is 0 Å². The Balaban J connectivity index is 2.00. The van der Waals surface area contributed by atoms with Gasteiger partial charge in [-0.1, -0.05) is 44.2 Å². The normalized spacial score (nSPS) is 18.4. The molecule has 1 aromatic rings. The molecule has 2 rings (SSSR count). The monoisotopic (exact) mass is 448 g/mol. The van der Waals surface area contributed by atoms with E-state index in [1.54, 1.807) is 44.2 Å². The minimum atomic E-state index is -1.36. The molecule has 0 radical (unpaired) electrons. The number of amides is 3.